The van der Waals surface area contributed by atoms with Crippen molar-refractivity contribution in [1.29, 1.82) is 0 Å². The zero-order chi connectivity index (χ0) is 13.0. The normalized spacial score (nSPS) is 14.6. The van der Waals surface area contributed by atoms with Gasteiger partial charge in [-0.1, -0.05) is 6.92 Å². The number of nitrogens with zero attached hydrogens (tertiary/aromatic N) is 3. The van der Waals surface area contributed by atoms with Crippen molar-refractivity contribution in [2.24, 2.45) is 0 Å². The van der Waals surface area contributed by atoms with Gasteiger partial charge in [0, 0.05) is 31.6 Å². The average Bonchev–Trinajstić information content (AvgIpc) is 3.20. The molecule has 18 heavy (non-hydrogen) atoms. The largest absolute Gasteiger partial charge is 0.370 e. The van der Waals surface area contributed by atoms with E-state index in [1.165, 1.54) is 12.8 Å². The van der Waals surface area contributed by atoms with Crippen LogP contribution >= 0.6 is 0 Å². The topological polar surface area (TPSA) is 41.0 Å². The van der Waals surface area contributed by atoms with Crippen LogP contribution in [0.1, 0.15) is 51.8 Å². The van der Waals surface area contributed by atoms with Crippen LogP contribution in [0.5, 0.6) is 0 Å². The van der Waals surface area contributed by atoms with Gasteiger partial charge in [0.05, 0.1) is 0 Å². The van der Waals surface area contributed by atoms with Gasteiger partial charge in [-0.2, -0.15) is 0 Å². The molecule has 2 rings (SSSR count). The van der Waals surface area contributed by atoms with Crippen molar-refractivity contribution in [2.75, 3.05) is 29.9 Å². The van der Waals surface area contributed by atoms with Gasteiger partial charge in [-0.3, -0.25) is 0 Å². The summed E-state index contributed by atoms with van der Waals surface area (Å²) in [4.78, 5) is 11.7. The van der Waals surface area contributed by atoms with Gasteiger partial charge < -0.3 is 10.2 Å². The van der Waals surface area contributed by atoms with E-state index in [9.17, 15) is 0 Å². The highest BCUT2D eigenvalue weighted by Crippen LogP contribution is 2.39. The Morgan fingerprint density at radius 3 is 2.61 bits per heavy atom. The lowest BCUT2D eigenvalue weighted by Crippen LogP contribution is -2.25. The summed E-state index contributed by atoms with van der Waals surface area (Å²) in [5, 5.41) is 3.31. The van der Waals surface area contributed by atoms with Crippen LogP contribution in [0.4, 0.5) is 11.6 Å². The number of hydrogen-bond acceptors (Lipinski definition) is 4. The minimum atomic E-state index is 0.600. The predicted molar refractivity (Wildman–Crippen MR) is 76.3 cm³/mol. The van der Waals surface area contributed by atoms with E-state index < -0.39 is 0 Å². The van der Waals surface area contributed by atoms with Crippen LogP contribution in [0.15, 0.2) is 6.07 Å². The molecule has 0 amide bonds. The molecule has 1 aliphatic rings. The van der Waals surface area contributed by atoms with Gasteiger partial charge in [0.1, 0.15) is 17.5 Å². The Bertz CT molecular complexity index is 387. The van der Waals surface area contributed by atoms with Gasteiger partial charge >= 0.3 is 0 Å². The van der Waals surface area contributed by atoms with Crippen LogP contribution in [0.3, 0.4) is 0 Å². The predicted octanol–water partition coefficient (Wildman–Crippen LogP) is 3.02. The lowest BCUT2D eigenvalue weighted by molar-refractivity contribution is 0.767. The molecule has 1 fully saturated rings. The van der Waals surface area contributed by atoms with Gasteiger partial charge in [-0.25, -0.2) is 9.97 Å². The van der Waals surface area contributed by atoms with Gasteiger partial charge in [0.2, 0.25) is 0 Å². The zero-order valence-electron chi connectivity index (χ0n) is 11.7. The van der Waals surface area contributed by atoms with Crippen molar-refractivity contribution in [2.45, 2.75) is 46.0 Å². The van der Waals surface area contributed by atoms with Crippen LogP contribution < -0.4 is 10.2 Å². The van der Waals surface area contributed by atoms with E-state index in [1.54, 1.807) is 0 Å². The Hall–Kier alpha value is -1.32. The molecule has 0 aliphatic heterocycles. The molecule has 100 valence electrons. The molecule has 1 saturated carbocycles. The number of hydrogen-bond donors (Lipinski definition) is 1. The van der Waals surface area contributed by atoms with Crippen LogP contribution in [-0.2, 0) is 0 Å². The lowest BCUT2D eigenvalue weighted by atomic mass is 10.3. The SMILES string of the molecule is CCCN(CC)c1cc(NCC)nc(C2CC2)n1. The molecule has 1 aromatic rings. The van der Waals surface area contributed by atoms with E-state index in [0.717, 1.165) is 43.5 Å². The van der Waals surface area contributed by atoms with Gasteiger partial charge in [0.25, 0.3) is 0 Å². The monoisotopic (exact) mass is 248 g/mol. The van der Waals surface area contributed by atoms with E-state index in [0.29, 0.717) is 5.92 Å². The summed E-state index contributed by atoms with van der Waals surface area (Å²) in [5.74, 6) is 3.67. The minimum absolute atomic E-state index is 0.600. The third-order valence-electron chi connectivity index (χ3n) is 3.23. The van der Waals surface area contributed by atoms with E-state index in [4.69, 9.17) is 4.98 Å². The molecular weight excluding hydrogens is 224 g/mol. The smallest absolute Gasteiger partial charge is 0.136 e. The molecular formula is C14H24N4. The number of aromatic nitrogens is 2. The summed E-state index contributed by atoms with van der Waals surface area (Å²) in [6.07, 6.45) is 3.64. The van der Waals surface area contributed by atoms with Crippen molar-refractivity contribution in [1.82, 2.24) is 9.97 Å². The second-order valence-corrected chi connectivity index (χ2v) is 4.85. The average molecular weight is 248 g/mol. The molecule has 1 N–H and O–H groups in total. The first kappa shape index (κ1) is 13.1. The minimum Gasteiger partial charge on any atom is -0.370 e. The fourth-order valence-corrected chi connectivity index (χ4v) is 2.11. The molecule has 0 radical (unpaired) electrons. The summed E-state index contributed by atoms with van der Waals surface area (Å²) in [7, 11) is 0. The van der Waals surface area contributed by atoms with E-state index in [-0.39, 0.29) is 0 Å². The third kappa shape index (κ3) is 3.12. The van der Waals surface area contributed by atoms with Gasteiger partial charge in [0.15, 0.2) is 0 Å². The second kappa shape index (κ2) is 6.03. The Morgan fingerprint density at radius 1 is 1.28 bits per heavy atom. The lowest BCUT2D eigenvalue weighted by Gasteiger charge is -2.22. The molecule has 0 spiro atoms. The molecule has 0 aromatic carbocycles. The van der Waals surface area contributed by atoms with Crippen LogP contribution in [0.25, 0.3) is 0 Å². The van der Waals surface area contributed by atoms with Crippen LogP contribution in [0.2, 0.25) is 0 Å². The maximum Gasteiger partial charge on any atom is 0.136 e. The van der Waals surface area contributed by atoms with Gasteiger partial charge in [-0.05, 0) is 33.1 Å². The zero-order valence-corrected chi connectivity index (χ0v) is 11.7. The van der Waals surface area contributed by atoms with E-state index in [1.807, 2.05) is 0 Å². The molecule has 0 bridgehead atoms. The van der Waals surface area contributed by atoms with Crippen LogP contribution in [-0.4, -0.2) is 29.6 Å². The molecule has 0 saturated heterocycles. The molecule has 4 nitrogen and oxygen atoms in total. The molecule has 4 heteroatoms. The molecule has 0 atom stereocenters. The van der Waals surface area contributed by atoms with Gasteiger partial charge in [-0.15, -0.1) is 0 Å². The first-order chi connectivity index (χ1) is 8.78. The molecule has 0 unspecified atom stereocenters. The Morgan fingerprint density at radius 2 is 2.06 bits per heavy atom. The van der Waals surface area contributed by atoms with Crippen molar-refractivity contribution in [3.05, 3.63) is 11.9 Å². The van der Waals surface area contributed by atoms with E-state index in [2.05, 4.69) is 42.0 Å². The quantitative estimate of drug-likeness (QED) is 0.805. The van der Waals surface area contributed by atoms with Crippen LogP contribution in [0, 0.1) is 0 Å². The second-order valence-electron chi connectivity index (χ2n) is 4.85. The summed E-state index contributed by atoms with van der Waals surface area (Å²) in [5.41, 5.74) is 0. The first-order valence-corrected chi connectivity index (χ1v) is 7.16. The van der Waals surface area contributed by atoms with Crippen molar-refractivity contribution < 1.29 is 0 Å². The standard InChI is InChI=1S/C14H24N4/c1-4-9-18(6-3)13-10-12(15-5-2)16-14(17-13)11-7-8-11/h10-11H,4-9H2,1-3H3,(H,15,16,17). The summed E-state index contributed by atoms with van der Waals surface area (Å²) in [6, 6.07) is 2.08. The number of nitrogens with one attached hydrogen (secondary N) is 1. The fraction of sp³-hybridized carbons (Fsp3) is 0.714. The van der Waals surface area contributed by atoms with E-state index >= 15 is 0 Å². The molecule has 1 aliphatic carbocycles. The maximum atomic E-state index is 4.74. The highest BCUT2D eigenvalue weighted by Gasteiger charge is 2.27. The van der Waals surface area contributed by atoms with Crippen molar-refractivity contribution in [3.8, 4) is 0 Å². The highest BCUT2D eigenvalue weighted by atomic mass is 15.2. The van der Waals surface area contributed by atoms with Crippen molar-refractivity contribution >= 4 is 11.6 Å². The summed E-state index contributed by atoms with van der Waals surface area (Å²) >= 11 is 0. The Balaban J connectivity index is 2.26. The third-order valence-corrected chi connectivity index (χ3v) is 3.23. The first-order valence-electron chi connectivity index (χ1n) is 7.16. The molecule has 1 aromatic heterocycles. The number of anilines is 2. The van der Waals surface area contributed by atoms with Crippen molar-refractivity contribution in [3.63, 3.8) is 0 Å². The number of rotatable bonds is 7. The summed E-state index contributed by atoms with van der Waals surface area (Å²) < 4.78 is 0. The Labute approximate surface area is 110 Å². The maximum absolute atomic E-state index is 4.74. The Kier molecular flexibility index (Phi) is 4.39. The molecule has 1 heterocycles. The fourth-order valence-electron chi connectivity index (χ4n) is 2.11. The highest BCUT2D eigenvalue weighted by molar-refractivity contribution is 5.50. The summed E-state index contributed by atoms with van der Waals surface area (Å²) in [6.45, 7) is 9.45.